The number of cyclic esters (lactones) is 2. The smallest absolute Gasteiger partial charge is 0.317 e. The molecule has 2 aliphatic heterocycles. The number of ether oxygens (including phenoxy) is 2. The fraction of sp³-hybridized carbons (Fsp3) is 0.600. The second kappa shape index (κ2) is 4.03. The first-order valence-corrected chi connectivity index (χ1v) is 5.02. The third-order valence-corrected chi connectivity index (χ3v) is 2.75. The van der Waals surface area contributed by atoms with E-state index in [0.717, 1.165) is 0 Å². The van der Waals surface area contributed by atoms with Crippen molar-refractivity contribution >= 4 is 23.5 Å². The monoisotopic (exact) mass is 226 g/mol. The zero-order chi connectivity index (χ0) is 11.7. The largest absolute Gasteiger partial charge is 0.465 e. The van der Waals surface area contributed by atoms with E-state index >= 15 is 0 Å². The molecule has 6 heteroatoms. The van der Waals surface area contributed by atoms with E-state index in [-0.39, 0.29) is 26.1 Å². The Bertz CT molecular complexity index is 336. The summed E-state index contributed by atoms with van der Waals surface area (Å²) in [7, 11) is 0. The quantitative estimate of drug-likeness (QED) is 0.357. The number of carbonyl (C=O) groups is 4. The van der Waals surface area contributed by atoms with Crippen LogP contribution in [0, 0.1) is 11.8 Å². The van der Waals surface area contributed by atoms with E-state index in [1.165, 1.54) is 0 Å². The molecule has 2 aliphatic rings. The van der Waals surface area contributed by atoms with Crippen LogP contribution in [0.4, 0.5) is 0 Å². The van der Waals surface area contributed by atoms with Crippen molar-refractivity contribution in [2.24, 2.45) is 11.8 Å². The van der Waals surface area contributed by atoms with Crippen LogP contribution < -0.4 is 0 Å². The van der Waals surface area contributed by atoms with Gasteiger partial charge in [0.15, 0.2) is 0 Å². The van der Waals surface area contributed by atoms with Crippen molar-refractivity contribution in [3.8, 4) is 0 Å². The van der Waals surface area contributed by atoms with Crippen molar-refractivity contribution in [1.29, 1.82) is 0 Å². The second-order valence-corrected chi connectivity index (χ2v) is 3.75. The number of hydrogen-bond acceptors (Lipinski definition) is 6. The molecule has 6 nitrogen and oxygen atoms in total. The molecular formula is C10H10O6. The molecule has 16 heavy (non-hydrogen) atoms. The molecule has 0 spiro atoms. The van der Waals surface area contributed by atoms with Crippen molar-refractivity contribution in [2.75, 3.05) is 13.2 Å². The molecule has 0 radical (unpaired) electrons. The number of Topliss-reactive ketones (excluding diaryl/α,β-unsaturated/α-hetero) is 2. The summed E-state index contributed by atoms with van der Waals surface area (Å²) in [6, 6.07) is 0. The number of ketones is 2. The Balaban J connectivity index is 2.07. The van der Waals surface area contributed by atoms with Crippen molar-refractivity contribution in [1.82, 2.24) is 0 Å². The predicted octanol–water partition coefficient (Wildman–Crippen LogP) is -0.749. The molecule has 0 aromatic carbocycles. The van der Waals surface area contributed by atoms with Crippen LogP contribution in [0.3, 0.4) is 0 Å². The topological polar surface area (TPSA) is 86.7 Å². The van der Waals surface area contributed by atoms with Crippen LogP contribution in [0.25, 0.3) is 0 Å². The van der Waals surface area contributed by atoms with Gasteiger partial charge in [-0.05, 0) is 0 Å². The fourth-order valence-electron chi connectivity index (χ4n) is 1.81. The zero-order valence-electron chi connectivity index (χ0n) is 8.43. The minimum Gasteiger partial charge on any atom is -0.465 e. The van der Waals surface area contributed by atoms with Crippen molar-refractivity contribution < 1.29 is 28.7 Å². The lowest BCUT2D eigenvalue weighted by atomic mass is 9.91. The first-order valence-electron chi connectivity index (χ1n) is 5.02. The van der Waals surface area contributed by atoms with E-state index in [0.29, 0.717) is 0 Å². The van der Waals surface area contributed by atoms with E-state index < -0.39 is 35.3 Å². The highest BCUT2D eigenvalue weighted by Gasteiger charge is 2.43. The third-order valence-electron chi connectivity index (χ3n) is 2.75. The highest BCUT2D eigenvalue weighted by molar-refractivity contribution is 6.44. The van der Waals surface area contributed by atoms with E-state index in [9.17, 15) is 19.2 Å². The van der Waals surface area contributed by atoms with E-state index in [1.807, 2.05) is 0 Å². The Morgan fingerprint density at radius 2 is 1.25 bits per heavy atom. The van der Waals surface area contributed by atoms with Crippen LogP contribution in [0.1, 0.15) is 12.8 Å². The molecule has 2 rings (SSSR count). The molecule has 2 saturated heterocycles. The summed E-state index contributed by atoms with van der Waals surface area (Å²) >= 11 is 0. The zero-order valence-corrected chi connectivity index (χ0v) is 8.43. The van der Waals surface area contributed by atoms with Crippen LogP contribution in [0.5, 0.6) is 0 Å². The van der Waals surface area contributed by atoms with Gasteiger partial charge in [0.05, 0.1) is 13.2 Å². The van der Waals surface area contributed by atoms with Gasteiger partial charge in [-0.15, -0.1) is 0 Å². The van der Waals surface area contributed by atoms with Gasteiger partial charge in [0, 0.05) is 12.8 Å². The molecule has 0 N–H and O–H groups in total. The minimum absolute atomic E-state index is 0.150. The molecule has 86 valence electrons. The molecule has 2 heterocycles. The van der Waals surface area contributed by atoms with Crippen LogP contribution in [0.15, 0.2) is 0 Å². The van der Waals surface area contributed by atoms with Gasteiger partial charge in [-0.2, -0.15) is 0 Å². The first kappa shape index (κ1) is 10.8. The van der Waals surface area contributed by atoms with Crippen LogP contribution in [0.2, 0.25) is 0 Å². The lowest BCUT2D eigenvalue weighted by molar-refractivity contribution is -0.153. The van der Waals surface area contributed by atoms with Gasteiger partial charge in [0.25, 0.3) is 0 Å². The van der Waals surface area contributed by atoms with Crippen LogP contribution in [-0.4, -0.2) is 36.7 Å². The number of hydrogen-bond donors (Lipinski definition) is 0. The predicted molar refractivity (Wildman–Crippen MR) is 48.1 cm³/mol. The Morgan fingerprint density at radius 3 is 1.50 bits per heavy atom. The Kier molecular flexibility index (Phi) is 2.72. The average molecular weight is 226 g/mol. The average Bonchev–Trinajstić information content (AvgIpc) is 2.85. The van der Waals surface area contributed by atoms with Crippen molar-refractivity contribution in [3.63, 3.8) is 0 Å². The molecule has 2 unspecified atom stereocenters. The summed E-state index contributed by atoms with van der Waals surface area (Å²) in [5, 5.41) is 0. The molecule has 0 aromatic rings. The van der Waals surface area contributed by atoms with Gasteiger partial charge in [0.1, 0.15) is 11.8 Å². The second-order valence-electron chi connectivity index (χ2n) is 3.75. The first-order chi connectivity index (χ1) is 7.61. The van der Waals surface area contributed by atoms with E-state index in [1.54, 1.807) is 0 Å². The highest BCUT2D eigenvalue weighted by atomic mass is 16.5. The normalized spacial score (nSPS) is 28.8. The van der Waals surface area contributed by atoms with Gasteiger partial charge in [-0.25, -0.2) is 0 Å². The van der Waals surface area contributed by atoms with Gasteiger partial charge < -0.3 is 9.47 Å². The van der Waals surface area contributed by atoms with Gasteiger partial charge >= 0.3 is 11.9 Å². The SMILES string of the molecule is O=C1OCCC1C(=O)C(=O)C1CCOC1=O. The molecule has 0 aromatic heterocycles. The molecule has 0 bridgehead atoms. The van der Waals surface area contributed by atoms with Crippen LogP contribution in [-0.2, 0) is 28.7 Å². The van der Waals surface area contributed by atoms with Gasteiger partial charge in [-0.3, -0.25) is 19.2 Å². The lowest BCUT2D eigenvalue weighted by Gasteiger charge is -2.06. The maximum atomic E-state index is 11.6. The van der Waals surface area contributed by atoms with Gasteiger partial charge in [-0.1, -0.05) is 0 Å². The Labute approximate surface area is 90.9 Å². The summed E-state index contributed by atoms with van der Waals surface area (Å²) in [5.41, 5.74) is 0. The lowest BCUT2D eigenvalue weighted by Crippen LogP contribution is -2.33. The Hall–Kier alpha value is -1.72. The van der Waals surface area contributed by atoms with Crippen molar-refractivity contribution in [2.45, 2.75) is 12.8 Å². The summed E-state index contributed by atoms with van der Waals surface area (Å²) in [6.45, 7) is 0.301. The third kappa shape index (κ3) is 1.70. The number of rotatable bonds is 3. The Morgan fingerprint density at radius 1 is 0.875 bits per heavy atom. The summed E-state index contributed by atoms with van der Waals surface area (Å²) in [6.07, 6.45) is 0.427. The molecule has 0 aliphatic carbocycles. The fourth-order valence-corrected chi connectivity index (χ4v) is 1.81. The molecule has 2 atom stereocenters. The summed E-state index contributed by atoms with van der Waals surface area (Å²) in [5.74, 6) is -5.06. The molecule has 0 saturated carbocycles. The number of esters is 2. The summed E-state index contributed by atoms with van der Waals surface area (Å²) in [4.78, 5) is 45.5. The van der Waals surface area contributed by atoms with Gasteiger partial charge in [0.2, 0.25) is 11.6 Å². The standard InChI is InChI=1S/C10H10O6/c11-7(5-1-3-15-9(5)13)8(12)6-2-4-16-10(6)14/h5-6H,1-4H2. The molecular weight excluding hydrogens is 216 g/mol. The molecule has 0 amide bonds. The maximum Gasteiger partial charge on any atom is 0.317 e. The number of carbonyl (C=O) groups excluding carboxylic acids is 4. The van der Waals surface area contributed by atoms with Crippen LogP contribution >= 0.6 is 0 Å². The molecule has 2 fully saturated rings. The summed E-state index contributed by atoms with van der Waals surface area (Å²) < 4.78 is 9.20. The van der Waals surface area contributed by atoms with E-state index in [4.69, 9.17) is 0 Å². The van der Waals surface area contributed by atoms with Crippen molar-refractivity contribution in [3.05, 3.63) is 0 Å². The minimum atomic E-state index is -1.03. The highest BCUT2D eigenvalue weighted by Crippen LogP contribution is 2.21. The van der Waals surface area contributed by atoms with E-state index in [2.05, 4.69) is 9.47 Å². The maximum absolute atomic E-state index is 11.6.